The molecule has 0 aromatic carbocycles. The highest BCUT2D eigenvalue weighted by molar-refractivity contribution is 5.89. The van der Waals surface area contributed by atoms with Crippen LogP contribution >= 0.6 is 0 Å². The van der Waals surface area contributed by atoms with E-state index in [0.717, 1.165) is 23.0 Å². The summed E-state index contributed by atoms with van der Waals surface area (Å²) in [4.78, 5) is 42.3. The quantitative estimate of drug-likeness (QED) is 0.884. The number of rotatable bonds is 2. The molecule has 126 valence electrons. The van der Waals surface area contributed by atoms with Gasteiger partial charge in [0.15, 0.2) is 0 Å². The van der Waals surface area contributed by atoms with Crippen molar-refractivity contribution in [2.24, 2.45) is 14.1 Å². The molecule has 1 saturated heterocycles. The normalized spacial score (nSPS) is 17.1. The Morgan fingerprint density at radius 1 is 1.33 bits per heavy atom. The minimum Gasteiger partial charge on any atom is -0.317 e. The molecule has 1 N–H and O–H groups in total. The number of hydrogen-bond donors (Lipinski definition) is 1. The molecule has 0 radical (unpaired) electrons. The fourth-order valence-electron chi connectivity index (χ4n) is 3.01. The van der Waals surface area contributed by atoms with Gasteiger partial charge in [-0.3, -0.25) is 14.3 Å². The van der Waals surface area contributed by atoms with Crippen LogP contribution in [0.25, 0.3) is 0 Å². The summed E-state index contributed by atoms with van der Waals surface area (Å²) in [6.45, 7) is 0.609. The maximum atomic E-state index is 12.6. The third-order valence-corrected chi connectivity index (χ3v) is 4.27. The first kappa shape index (κ1) is 16.0. The molecule has 1 aliphatic heterocycles. The van der Waals surface area contributed by atoms with Gasteiger partial charge in [-0.05, 0) is 24.5 Å². The van der Waals surface area contributed by atoms with Crippen molar-refractivity contribution in [2.75, 3.05) is 11.9 Å². The molecular formula is C16H19N5O3. The van der Waals surface area contributed by atoms with Gasteiger partial charge >= 0.3 is 11.7 Å². The van der Waals surface area contributed by atoms with Crippen LogP contribution in [-0.2, 0) is 14.1 Å². The van der Waals surface area contributed by atoms with Crippen molar-refractivity contribution < 1.29 is 4.79 Å². The number of hydrogen-bond acceptors (Lipinski definition) is 4. The highest BCUT2D eigenvalue weighted by Gasteiger charge is 2.30. The lowest BCUT2D eigenvalue weighted by atomic mass is 10.1. The highest BCUT2D eigenvalue weighted by Crippen LogP contribution is 2.31. The summed E-state index contributed by atoms with van der Waals surface area (Å²) < 4.78 is 2.23. The second-order valence-corrected chi connectivity index (χ2v) is 5.87. The zero-order valence-corrected chi connectivity index (χ0v) is 13.6. The second kappa shape index (κ2) is 6.31. The second-order valence-electron chi connectivity index (χ2n) is 5.87. The Morgan fingerprint density at radius 2 is 2.12 bits per heavy atom. The van der Waals surface area contributed by atoms with E-state index in [-0.39, 0.29) is 17.8 Å². The highest BCUT2D eigenvalue weighted by atomic mass is 16.2. The molecule has 0 spiro atoms. The first-order valence-electron chi connectivity index (χ1n) is 7.73. The predicted octanol–water partition coefficient (Wildman–Crippen LogP) is 0.848. The zero-order valence-electron chi connectivity index (χ0n) is 13.6. The number of pyridine rings is 1. The van der Waals surface area contributed by atoms with Crippen molar-refractivity contribution in [1.82, 2.24) is 19.0 Å². The molecule has 2 aromatic heterocycles. The zero-order chi connectivity index (χ0) is 17.3. The molecule has 2 aromatic rings. The van der Waals surface area contributed by atoms with Crippen LogP contribution < -0.4 is 16.6 Å². The lowest BCUT2D eigenvalue weighted by Gasteiger charge is -2.25. The van der Waals surface area contributed by atoms with Gasteiger partial charge in [0.1, 0.15) is 5.69 Å². The third-order valence-electron chi connectivity index (χ3n) is 4.27. The van der Waals surface area contributed by atoms with Crippen molar-refractivity contribution in [3.8, 4) is 0 Å². The summed E-state index contributed by atoms with van der Waals surface area (Å²) in [6.07, 6.45) is 6.53. The van der Waals surface area contributed by atoms with Crippen LogP contribution in [-0.4, -0.2) is 31.6 Å². The van der Waals surface area contributed by atoms with E-state index < -0.39 is 11.2 Å². The molecule has 24 heavy (non-hydrogen) atoms. The van der Waals surface area contributed by atoms with E-state index in [1.807, 2.05) is 12.1 Å². The van der Waals surface area contributed by atoms with Crippen LogP contribution in [0.15, 0.2) is 40.3 Å². The predicted molar refractivity (Wildman–Crippen MR) is 88.9 cm³/mol. The van der Waals surface area contributed by atoms with Crippen LogP contribution in [0, 0.1) is 0 Å². The molecule has 3 rings (SSSR count). The van der Waals surface area contributed by atoms with Gasteiger partial charge in [0.05, 0.1) is 6.04 Å². The first-order valence-corrected chi connectivity index (χ1v) is 7.73. The average molecular weight is 329 g/mol. The van der Waals surface area contributed by atoms with Crippen LogP contribution in [0.1, 0.15) is 24.4 Å². The van der Waals surface area contributed by atoms with Gasteiger partial charge in [0.2, 0.25) is 0 Å². The molecule has 0 bridgehead atoms. The summed E-state index contributed by atoms with van der Waals surface area (Å²) in [5.74, 6) is 0. The fourth-order valence-corrected chi connectivity index (χ4v) is 3.01. The van der Waals surface area contributed by atoms with E-state index >= 15 is 0 Å². The van der Waals surface area contributed by atoms with E-state index in [0.29, 0.717) is 6.54 Å². The van der Waals surface area contributed by atoms with Crippen molar-refractivity contribution in [1.29, 1.82) is 0 Å². The average Bonchev–Trinajstić information content (AvgIpc) is 3.08. The van der Waals surface area contributed by atoms with Gasteiger partial charge in [0, 0.05) is 39.2 Å². The third kappa shape index (κ3) is 2.82. The van der Waals surface area contributed by atoms with Gasteiger partial charge in [-0.15, -0.1) is 0 Å². The number of aryl methyl sites for hydroxylation is 1. The number of anilines is 1. The molecule has 2 amide bonds. The van der Waals surface area contributed by atoms with E-state index in [2.05, 4.69) is 10.3 Å². The van der Waals surface area contributed by atoms with E-state index in [4.69, 9.17) is 0 Å². The Hall–Kier alpha value is -2.90. The molecule has 0 saturated carbocycles. The Balaban J connectivity index is 1.85. The number of urea groups is 1. The Morgan fingerprint density at radius 3 is 2.83 bits per heavy atom. The van der Waals surface area contributed by atoms with Gasteiger partial charge in [-0.25, -0.2) is 9.59 Å². The molecule has 1 unspecified atom stereocenters. The number of nitrogens with one attached hydrogen (secondary N) is 1. The maximum Gasteiger partial charge on any atom is 0.330 e. The number of nitrogens with zero attached hydrogens (tertiary/aromatic N) is 4. The Bertz CT molecular complexity index is 872. The molecule has 0 aliphatic carbocycles. The maximum absolute atomic E-state index is 12.6. The lowest BCUT2D eigenvalue weighted by molar-refractivity contribution is 0.207. The number of aromatic nitrogens is 3. The smallest absolute Gasteiger partial charge is 0.317 e. The Kier molecular flexibility index (Phi) is 4.20. The van der Waals surface area contributed by atoms with Gasteiger partial charge in [-0.2, -0.15) is 0 Å². The summed E-state index contributed by atoms with van der Waals surface area (Å²) in [6, 6.07) is 3.37. The number of carbonyl (C=O) groups is 1. The standard InChI is InChI=1S/C16H19N5O3/c1-19-10-12(14(22)20(2)16(19)24)18-15(23)21-8-4-6-13(21)11-5-3-7-17-9-11/h3,5,7,9-10,13H,4,6,8H2,1-2H3,(H,18,23). The van der Waals surface area contributed by atoms with Crippen LogP contribution in [0.5, 0.6) is 0 Å². The van der Waals surface area contributed by atoms with Crippen molar-refractivity contribution in [2.45, 2.75) is 18.9 Å². The van der Waals surface area contributed by atoms with E-state index in [9.17, 15) is 14.4 Å². The summed E-state index contributed by atoms with van der Waals surface area (Å²) in [5.41, 5.74) is 0.0935. The number of amides is 2. The molecular weight excluding hydrogens is 310 g/mol. The summed E-state index contributed by atoms with van der Waals surface area (Å²) in [5, 5.41) is 2.63. The fraction of sp³-hybridized carbons (Fsp3) is 0.375. The molecule has 1 atom stereocenters. The SMILES string of the molecule is Cn1cc(NC(=O)N2CCCC2c2cccnc2)c(=O)n(C)c1=O. The van der Waals surface area contributed by atoms with Gasteiger partial charge in [0.25, 0.3) is 5.56 Å². The van der Waals surface area contributed by atoms with Gasteiger partial charge in [-0.1, -0.05) is 6.07 Å². The number of carbonyl (C=O) groups excluding carboxylic acids is 1. The van der Waals surface area contributed by atoms with Crippen molar-refractivity contribution in [3.05, 3.63) is 57.1 Å². The molecule has 8 heteroatoms. The first-order chi connectivity index (χ1) is 11.5. The van der Waals surface area contributed by atoms with E-state index in [1.165, 1.54) is 24.9 Å². The monoisotopic (exact) mass is 329 g/mol. The van der Waals surface area contributed by atoms with Crippen LogP contribution in [0.3, 0.4) is 0 Å². The molecule has 1 aliphatic rings. The summed E-state index contributed by atoms with van der Waals surface area (Å²) in [7, 11) is 2.92. The minimum absolute atomic E-state index is 0.0601. The Labute approximate surface area is 138 Å². The van der Waals surface area contributed by atoms with Crippen LogP contribution in [0.2, 0.25) is 0 Å². The van der Waals surface area contributed by atoms with Crippen molar-refractivity contribution in [3.63, 3.8) is 0 Å². The number of likely N-dealkylation sites (tertiary alicyclic amines) is 1. The van der Waals surface area contributed by atoms with Crippen LogP contribution in [0.4, 0.5) is 10.5 Å². The summed E-state index contributed by atoms with van der Waals surface area (Å²) >= 11 is 0. The molecule has 3 heterocycles. The molecule has 8 nitrogen and oxygen atoms in total. The lowest BCUT2D eigenvalue weighted by Crippen LogP contribution is -2.41. The van der Waals surface area contributed by atoms with Gasteiger partial charge < -0.3 is 14.8 Å². The minimum atomic E-state index is -0.524. The largest absolute Gasteiger partial charge is 0.330 e. The topological polar surface area (TPSA) is 89.2 Å². The van der Waals surface area contributed by atoms with Crippen molar-refractivity contribution >= 4 is 11.7 Å². The van der Waals surface area contributed by atoms with E-state index in [1.54, 1.807) is 17.3 Å². The molecule has 1 fully saturated rings.